The summed E-state index contributed by atoms with van der Waals surface area (Å²) in [5.41, 5.74) is 4.53. The first-order chi connectivity index (χ1) is 2.27. The molecule has 0 aliphatic heterocycles. The summed E-state index contributed by atoms with van der Waals surface area (Å²) in [6.45, 7) is 3.09. The molecule has 0 bridgehead atoms. The molecule has 8 heavy (non-hydrogen) atoms. The first-order valence-corrected chi connectivity index (χ1v) is 1.19. The summed E-state index contributed by atoms with van der Waals surface area (Å²) in [4.78, 5) is 9.47. The van der Waals surface area contributed by atoms with Gasteiger partial charge in [-0.05, 0) is 6.08 Å². The molecule has 36 valence electrons. The Labute approximate surface area is 94.5 Å². The largest absolute Gasteiger partial charge is 1.00 e. The Kier molecular flexibility index (Phi) is 44.9. The van der Waals surface area contributed by atoms with Crippen LogP contribution in [0.15, 0.2) is 12.7 Å². The van der Waals surface area contributed by atoms with E-state index in [0.29, 0.717) is 0 Å². The summed E-state index contributed by atoms with van der Waals surface area (Å²) in [6.07, 6.45) is 1.06. The number of hydrogen-bond acceptors (Lipinski definition) is 1. The summed E-state index contributed by atoms with van der Waals surface area (Å²) in [5.74, 6) is -0.481. The van der Waals surface area contributed by atoms with Crippen LogP contribution in [0.3, 0.4) is 0 Å². The van der Waals surface area contributed by atoms with Crippen LogP contribution in [0.1, 0.15) is 0 Å². The molecule has 2 N–H and O–H groups in total. The molecule has 0 saturated carbocycles. The standard InChI is InChI=1S/C3H5NO.CH3.2Na/c1-2-3(4)5;;;/h2H,1H2,(H2,4,5);1H3;;/q;-1;2*+1. The second-order valence-electron chi connectivity index (χ2n) is 0.606. The predicted molar refractivity (Wildman–Crippen MR) is 25.8 cm³/mol. The fraction of sp³-hybridized carbons (Fsp3) is 0. The Morgan fingerprint density at radius 1 is 1.50 bits per heavy atom. The van der Waals surface area contributed by atoms with Gasteiger partial charge in [-0.3, -0.25) is 4.79 Å². The fourth-order valence-electron chi connectivity index (χ4n) is 0. The van der Waals surface area contributed by atoms with Gasteiger partial charge in [0.2, 0.25) is 5.91 Å². The molecule has 0 aliphatic carbocycles. The SMILES string of the molecule is C=CC(N)=O.[CH3-].[Na+].[Na+]. The van der Waals surface area contributed by atoms with Gasteiger partial charge in [0, 0.05) is 0 Å². The number of rotatable bonds is 1. The molecule has 0 heterocycles. The molecule has 0 rings (SSSR count). The van der Waals surface area contributed by atoms with E-state index < -0.39 is 5.91 Å². The van der Waals surface area contributed by atoms with E-state index in [2.05, 4.69) is 12.3 Å². The zero-order valence-corrected chi connectivity index (χ0v) is 9.77. The van der Waals surface area contributed by atoms with E-state index in [1.807, 2.05) is 0 Å². The average molecular weight is 132 g/mol. The van der Waals surface area contributed by atoms with Crippen molar-refractivity contribution in [2.24, 2.45) is 5.73 Å². The maximum Gasteiger partial charge on any atom is 1.00 e. The van der Waals surface area contributed by atoms with E-state index >= 15 is 0 Å². The van der Waals surface area contributed by atoms with Crippen molar-refractivity contribution in [3.05, 3.63) is 20.1 Å². The quantitative estimate of drug-likeness (QED) is 0.215. The summed E-state index contributed by atoms with van der Waals surface area (Å²) < 4.78 is 0. The van der Waals surface area contributed by atoms with Gasteiger partial charge in [-0.15, -0.1) is 0 Å². The molecule has 4 heteroatoms. The van der Waals surface area contributed by atoms with Crippen LogP contribution < -0.4 is 64.8 Å². The van der Waals surface area contributed by atoms with Crippen molar-refractivity contribution in [1.82, 2.24) is 0 Å². The van der Waals surface area contributed by atoms with Crippen LogP contribution in [-0.2, 0) is 4.79 Å². The summed E-state index contributed by atoms with van der Waals surface area (Å²) >= 11 is 0. The van der Waals surface area contributed by atoms with Crippen LogP contribution in [0.4, 0.5) is 0 Å². The Balaban J connectivity index is -0.0000000267. The van der Waals surface area contributed by atoms with Crippen molar-refractivity contribution < 1.29 is 63.9 Å². The van der Waals surface area contributed by atoms with Gasteiger partial charge >= 0.3 is 59.1 Å². The monoisotopic (exact) mass is 132 g/mol. The third kappa shape index (κ3) is 27.0. The number of primary amides is 1. The van der Waals surface area contributed by atoms with Gasteiger partial charge in [0.25, 0.3) is 0 Å². The van der Waals surface area contributed by atoms with Crippen molar-refractivity contribution in [2.75, 3.05) is 0 Å². The van der Waals surface area contributed by atoms with E-state index in [9.17, 15) is 4.79 Å². The third-order valence-electron chi connectivity index (χ3n) is 0.201. The van der Waals surface area contributed by atoms with Gasteiger partial charge < -0.3 is 13.2 Å². The molecule has 0 unspecified atom stereocenters. The number of nitrogens with two attached hydrogens (primary N) is 1. The molecule has 0 aromatic rings. The number of carbonyl (C=O) groups excluding carboxylic acids is 1. The van der Waals surface area contributed by atoms with Gasteiger partial charge in [-0.1, -0.05) is 6.58 Å². The maximum absolute atomic E-state index is 9.47. The van der Waals surface area contributed by atoms with Crippen LogP contribution in [0.5, 0.6) is 0 Å². The van der Waals surface area contributed by atoms with Crippen LogP contribution in [0, 0.1) is 7.43 Å². The fourth-order valence-corrected chi connectivity index (χ4v) is 0. The Bertz CT molecular complexity index is 65.1. The summed E-state index contributed by atoms with van der Waals surface area (Å²) in [5, 5.41) is 0. The normalized spacial score (nSPS) is 4.00. The van der Waals surface area contributed by atoms with Crippen molar-refractivity contribution in [2.45, 2.75) is 0 Å². The zero-order valence-electron chi connectivity index (χ0n) is 5.77. The first kappa shape index (κ1) is 22.9. The average Bonchev–Trinajstić information content (AvgIpc) is 1.38. The van der Waals surface area contributed by atoms with Crippen molar-refractivity contribution >= 4 is 5.91 Å². The minimum atomic E-state index is -0.481. The van der Waals surface area contributed by atoms with Gasteiger partial charge in [0.05, 0.1) is 0 Å². The molecule has 0 radical (unpaired) electrons. The minimum Gasteiger partial charge on any atom is -0.366 e. The molecule has 1 amide bonds. The first-order valence-electron chi connectivity index (χ1n) is 1.19. The molecule has 0 aromatic carbocycles. The summed E-state index contributed by atoms with van der Waals surface area (Å²) in [7, 11) is 0. The molecule has 0 aliphatic rings. The second kappa shape index (κ2) is 15.7. The summed E-state index contributed by atoms with van der Waals surface area (Å²) in [6, 6.07) is 0. The van der Waals surface area contributed by atoms with Crippen LogP contribution >= 0.6 is 0 Å². The van der Waals surface area contributed by atoms with E-state index in [1.54, 1.807) is 0 Å². The molecule has 0 fully saturated rings. The number of hydrogen-bond donors (Lipinski definition) is 1. The maximum atomic E-state index is 9.47. The third-order valence-corrected chi connectivity index (χ3v) is 0.201. The van der Waals surface area contributed by atoms with Crippen LogP contribution in [0.2, 0.25) is 0 Å². The van der Waals surface area contributed by atoms with E-state index in [0.717, 1.165) is 6.08 Å². The molecule has 0 saturated heterocycles. The molecular formula is C4H8NNa2O+. The minimum absolute atomic E-state index is 0. The predicted octanol–water partition coefficient (Wildman–Crippen LogP) is -5.88. The van der Waals surface area contributed by atoms with Crippen molar-refractivity contribution in [1.29, 1.82) is 0 Å². The molecule has 0 spiro atoms. The smallest absolute Gasteiger partial charge is 0.366 e. The van der Waals surface area contributed by atoms with Crippen molar-refractivity contribution in [3.8, 4) is 0 Å². The second-order valence-corrected chi connectivity index (χ2v) is 0.606. The zero-order chi connectivity index (χ0) is 4.28. The Morgan fingerprint density at radius 2 is 1.62 bits per heavy atom. The van der Waals surface area contributed by atoms with Gasteiger partial charge in [-0.25, -0.2) is 0 Å². The Morgan fingerprint density at radius 3 is 1.62 bits per heavy atom. The molecule has 0 atom stereocenters. The number of amides is 1. The topological polar surface area (TPSA) is 43.1 Å². The van der Waals surface area contributed by atoms with Crippen LogP contribution in [0.25, 0.3) is 0 Å². The van der Waals surface area contributed by atoms with Gasteiger partial charge in [0.1, 0.15) is 0 Å². The van der Waals surface area contributed by atoms with Gasteiger partial charge in [-0.2, -0.15) is 0 Å². The van der Waals surface area contributed by atoms with E-state index in [4.69, 9.17) is 0 Å². The van der Waals surface area contributed by atoms with Gasteiger partial charge in [0.15, 0.2) is 0 Å². The molecular weight excluding hydrogens is 124 g/mol. The van der Waals surface area contributed by atoms with Crippen molar-refractivity contribution in [3.63, 3.8) is 0 Å². The Hall–Kier alpha value is 1.21. The van der Waals surface area contributed by atoms with Crippen LogP contribution in [-0.4, -0.2) is 5.91 Å². The van der Waals surface area contributed by atoms with E-state index in [1.165, 1.54) is 0 Å². The number of carbonyl (C=O) groups is 1. The van der Waals surface area contributed by atoms with E-state index in [-0.39, 0.29) is 66.5 Å². The molecule has 2 nitrogen and oxygen atoms in total. The molecule has 0 aromatic heterocycles.